The van der Waals surface area contributed by atoms with E-state index in [0.29, 0.717) is 5.56 Å². The lowest BCUT2D eigenvalue weighted by Crippen LogP contribution is -2.20. The van der Waals surface area contributed by atoms with Crippen molar-refractivity contribution in [2.24, 2.45) is 5.11 Å². The summed E-state index contributed by atoms with van der Waals surface area (Å²) < 4.78 is 40.5. The molecule has 1 rings (SSSR count). The number of rotatable bonds is 4. The zero-order valence-electron chi connectivity index (χ0n) is 8.14. The van der Waals surface area contributed by atoms with Gasteiger partial charge in [0.05, 0.1) is 5.69 Å². The second-order valence-electron chi connectivity index (χ2n) is 2.81. The van der Waals surface area contributed by atoms with Crippen molar-refractivity contribution >= 4 is 5.69 Å². The second-order valence-corrected chi connectivity index (χ2v) is 2.81. The van der Waals surface area contributed by atoms with Gasteiger partial charge in [0.2, 0.25) is 5.88 Å². The Morgan fingerprint density at radius 1 is 1.50 bits per heavy atom. The number of pyridine rings is 1. The monoisotopic (exact) mass is 232 g/mol. The van der Waals surface area contributed by atoms with Gasteiger partial charge in [0, 0.05) is 16.7 Å². The molecule has 0 aliphatic heterocycles. The topological polar surface area (TPSA) is 70.9 Å². The molecule has 0 radical (unpaired) electrons. The molecule has 1 aromatic heterocycles. The molecule has 8 heteroatoms. The Balaban J connectivity index is 2.87. The third-order valence-corrected chi connectivity index (χ3v) is 1.60. The molecular weight excluding hydrogens is 225 g/mol. The lowest BCUT2D eigenvalue weighted by molar-refractivity contribution is -0.0693. The SMILES string of the molecule is Cc1cc(N=[N+]=[N-])cnc1OC(F)C(F)F. The maximum absolute atomic E-state index is 12.5. The fourth-order valence-corrected chi connectivity index (χ4v) is 0.935. The molecule has 1 heterocycles. The van der Waals surface area contributed by atoms with E-state index in [1.54, 1.807) is 0 Å². The number of aryl methyl sites for hydroxylation is 1. The van der Waals surface area contributed by atoms with Crippen molar-refractivity contribution in [2.75, 3.05) is 0 Å². The lowest BCUT2D eigenvalue weighted by atomic mass is 10.3. The lowest BCUT2D eigenvalue weighted by Gasteiger charge is -2.11. The Labute approximate surface area is 88.5 Å². The molecule has 0 saturated heterocycles. The Kier molecular flexibility index (Phi) is 3.96. The number of azide groups is 1. The summed E-state index contributed by atoms with van der Waals surface area (Å²) in [6.45, 7) is 1.47. The first-order valence-electron chi connectivity index (χ1n) is 4.15. The summed E-state index contributed by atoms with van der Waals surface area (Å²) in [6.07, 6.45) is -4.87. The molecule has 0 fully saturated rings. The van der Waals surface area contributed by atoms with Gasteiger partial charge in [-0.2, -0.15) is 4.39 Å². The fourth-order valence-electron chi connectivity index (χ4n) is 0.935. The van der Waals surface area contributed by atoms with Crippen LogP contribution in [0.1, 0.15) is 5.56 Å². The molecule has 0 bridgehead atoms. The van der Waals surface area contributed by atoms with Crippen molar-refractivity contribution in [1.82, 2.24) is 4.98 Å². The maximum atomic E-state index is 12.5. The van der Waals surface area contributed by atoms with Crippen molar-refractivity contribution in [2.45, 2.75) is 19.7 Å². The standard InChI is InChI=1S/C8H7F3N4O/c1-4-2-5(14-15-12)3-13-8(4)16-7(11)6(9)10/h2-3,6-7H,1H3. The first-order valence-corrected chi connectivity index (χ1v) is 4.15. The Morgan fingerprint density at radius 3 is 2.69 bits per heavy atom. The predicted octanol–water partition coefficient (Wildman–Crippen LogP) is 3.27. The highest BCUT2D eigenvalue weighted by atomic mass is 19.3. The minimum Gasteiger partial charge on any atom is -0.437 e. The first-order chi connectivity index (χ1) is 7.54. The van der Waals surface area contributed by atoms with E-state index in [9.17, 15) is 13.2 Å². The highest BCUT2D eigenvalue weighted by Gasteiger charge is 2.22. The third kappa shape index (κ3) is 3.03. The van der Waals surface area contributed by atoms with Crippen LogP contribution in [0.25, 0.3) is 10.4 Å². The number of hydrogen-bond donors (Lipinski definition) is 0. The predicted molar refractivity (Wildman–Crippen MR) is 49.3 cm³/mol. The summed E-state index contributed by atoms with van der Waals surface area (Å²) in [4.78, 5) is 6.07. The Bertz CT molecular complexity index is 420. The summed E-state index contributed by atoms with van der Waals surface area (Å²) in [5.41, 5.74) is 8.63. The van der Waals surface area contributed by atoms with E-state index in [0.717, 1.165) is 6.20 Å². The average Bonchev–Trinajstić information content (AvgIpc) is 2.22. The molecule has 86 valence electrons. The van der Waals surface area contributed by atoms with E-state index in [1.165, 1.54) is 13.0 Å². The zero-order valence-corrected chi connectivity index (χ0v) is 8.14. The third-order valence-electron chi connectivity index (χ3n) is 1.60. The number of halogens is 3. The van der Waals surface area contributed by atoms with E-state index < -0.39 is 12.8 Å². The van der Waals surface area contributed by atoms with Crippen LogP contribution in [0.15, 0.2) is 17.4 Å². The van der Waals surface area contributed by atoms with Crippen LogP contribution in [0.5, 0.6) is 5.88 Å². The molecule has 0 amide bonds. The van der Waals surface area contributed by atoms with Gasteiger partial charge >= 0.3 is 6.43 Å². The molecular formula is C8H7F3N4O. The van der Waals surface area contributed by atoms with Crippen LogP contribution in [-0.4, -0.2) is 17.8 Å². The van der Waals surface area contributed by atoms with Crippen LogP contribution in [0, 0.1) is 6.92 Å². The van der Waals surface area contributed by atoms with Gasteiger partial charge in [-0.3, -0.25) is 0 Å². The van der Waals surface area contributed by atoms with E-state index >= 15 is 0 Å². The van der Waals surface area contributed by atoms with Crippen LogP contribution in [0.4, 0.5) is 18.9 Å². The van der Waals surface area contributed by atoms with Crippen molar-refractivity contribution < 1.29 is 17.9 Å². The van der Waals surface area contributed by atoms with Gasteiger partial charge in [-0.25, -0.2) is 13.8 Å². The summed E-state index contributed by atoms with van der Waals surface area (Å²) in [6, 6.07) is 1.35. The second kappa shape index (κ2) is 5.22. The Hall–Kier alpha value is -1.95. The normalized spacial score (nSPS) is 12.1. The van der Waals surface area contributed by atoms with Crippen LogP contribution < -0.4 is 4.74 Å². The molecule has 0 aliphatic carbocycles. The van der Waals surface area contributed by atoms with E-state index in [-0.39, 0.29) is 11.6 Å². The molecule has 0 aromatic carbocycles. The molecule has 0 N–H and O–H groups in total. The van der Waals surface area contributed by atoms with Gasteiger partial charge in [-0.05, 0) is 18.5 Å². The van der Waals surface area contributed by atoms with Gasteiger partial charge in [-0.1, -0.05) is 5.11 Å². The van der Waals surface area contributed by atoms with Gasteiger partial charge < -0.3 is 4.74 Å². The van der Waals surface area contributed by atoms with Crippen molar-refractivity contribution in [3.63, 3.8) is 0 Å². The number of nitrogens with zero attached hydrogens (tertiary/aromatic N) is 4. The van der Waals surface area contributed by atoms with E-state index in [4.69, 9.17) is 5.53 Å². The molecule has 0 spiro atoms. The number of hydrogen-bond acceptors (Lipinski definition) is 3. The fraction of sp³-hybridized carbons (Fsp3) is 0.375. The number of alkyl halides is 3. The van der Waals surface area contributed by atoms with Gasteiger partial charge in [0.25, 0.3) is 6.36 Å². The van der Waals surface area contributed by atoms with Gasteiger partial charge in [-0.15, -0.1) is 0 Å². The maximum Gasteiger partial charge on any atom is 0.304 e. The smallest absolute Gasteiger partial charge is 0.304 e. The molecule has 0 aliphatic rings. The molecule has 0 saturated carbocycles. The molecule has 1 aromatic rings. The molecule has 16 heavy (non-hydrogen) atoms. The van der Waals surface area contributed by atoms with Gasteiger partial charge in [0.1, 0.15) is 0 Å². The summed E-state index contributed by atoms with van der Waals surface area (Å²) in [7, 11) is 0. The Morgan fingerprint density at radius 2 is 2.19 bits per heavy atom. The van der Waals surface area contributed by atoms with E-state index in [2.05, 4.69) is 19.7 Å². The molecule has 1 unspecified atom stereocenters. The van der Waals surface area contributed by atoms with Crippen LogP contribution in [0.3, 0.4) is 0 Å². The highest BCUT2D eigenvalue weighted by Crippen LogP contribution is 2.22. The minimum absolute atomic E-state index is 0.194. The largest absolute Gasteiger partial charge is 0.437 e. The van der Waals surface area contributed by atoms with Crippen LogP contribution >= 0.6 is 0 Å². The summed E-state index contributed by atoms with van der Waals surface area (Å²) >= 11 is 0. The number of aromatic nitrogens is 1. The molecule has 5 nitrogen and oxygen atoms in total. The minimum atomic E-state index is -3.24. The molecule has 1 atom stereocenters. The highest BCUT2D eigenvalue weighted by molar-refractivity contribution is 5.41. The summed E-state index contributed by atoms with van der Waals surface area (Å²) in [5.74, 6) is -0.260. The van der Waals surface area contributed by atoms with Crippen LogP contribution in [0.2, 0.25) is 0 Å². The average molecular weight is 232 g/mol. The summed E-state index contributed by atoms with van der Waals surface area (Å²) in [5, 5.41) is 3.24. The van der Waals surface area contributed by atoms with Crippen molar-refractivity contribution in [3.8, 4) is 5.88 Å². The van der Waals surface area contributed by atoms with Crippen LogP contribution in [-0.2, 0) is 0 Å². The first kappa shape index (κ1) is 12.1. The van der Waals surface area contributed by atoms with E-state index in [1.807, 2.05) is 0 Å². The van der Waals surface area contributed by atoms with Crippen molar-refractivity contribution in [3.05, 3.63) is 28.3 Å². The van der Waals surface area contributed by atoms with Gasteiger partial charge in [0.15, 0.2) is 0 Å². The quantitative estimate of drug-likeness (QED) is 0.454. The zero-order chi connectivity index (χ0) is 12.1. The van der Waals surface area contributed by atoms with Crippen molar-refractivity contribution in [1.29, 1.82) is 0 Å². The number of ether oxygens (including phenoxy) is 1.